The summed E-state index contributed by atoms with van der Waals surface area (Å²) < 4.78 is 0. The third-order valence-electron chi connectivity index (χ3n) is 0.564. The fourth-order valence-electron chi connectivity index (χ4n) is 0.271. The molecule has 6 heteroatoms. The molecule has 0 rings (SSSR count). The first-order chi connectivity index (χ1) is 4.81. The summed E-state index contributed by atoms with van der Waals surface area (Å²) in [6.45, 7) is 1.49. The summed E-state index contributed by atoms with van der Waals surface area (Å²) in [6, 6.07) is 0. The second-order valence-electron chi connectivity index (χ2n) is 1.27. The minimum atomic E-state index is -0.713. The van der Waals surface area contributed by atoms with Gasteiger partial charge < -0.3 is 0 Å². The smallest absolute Gasteiger partial charge is 0.230 e. The number of hydrogen-bond acceptors (Lipinski definition) is 4. The second kappa shape index (κ2) is 5.99. The van der Waals surface area contributed by atoms with Gasteiger partial charge in [-0.25, -0.2) is 20.6 Å². The molecule has 0 atom stereocenters. The molecule has 0 spiro atoms. The zero-order chi connectivity index (χ0) is 7.82. The van der Waals surface area contributed by atoms with Crippen molar-refractivity contribution in [1.29, 1.82) is 0 Å². The Morgan fingerprint density at radius 1 is 1.20 bits per heavy atom. The minimum absolute atomic E-state index is 0.348. The molecule has 0 radical (unpaired) electrons. The molecule has 0 aliphatic carbocycles. The van der Waals surface area contributed by atoms with Crippen LogP contribution in [-0.4, -0.2) is 19.1 Å². The van der Waals surface area contributed by atoms with Gasteiger partial charge in [0.25, 0.3) is 0 Å². The third kappa shape index (κ3) is 5.01. The third-order valence-corrected chi connectivity index (χ3v) is 0.564. The van der Waals surface area contributed by atoms with E-state index in [1.54, 1.807) is 0 Å². The van der Waals surface area contributed by atoms with E-state index in [0.717, 1.165) is 0 Å². The summed E-state index contributed by atoms with van der Waals surface area (Å²) in [7, 11) is 0. The highest BCUT2D eigenvalue weighted by atomic mass is 16.8. The molecule has 10 heavy (non-hydrogen) atoms. The van der Waals surface area contributed by atoms with Crippen molar-refractivity contribution in [2.75, 3.05) is 0 Å². The normalized spacial score (nSPS) is 9.00. The summed E-state index contributed by atoms with van der Waals surface area (Å²) in [5.41, 5.74) is 3.79. The lowest BCUT2D eigenvalue weighted by atomic mass is 10.8. The minimum Gasteiger partial charge on any atom is -0.277 e. The molecular weight excluding hydrogens is 140 g/mol. The van der Waals surface area contributed by atoms with Crippen molar-refractivity contribution < 1.29 is 19.3 Å². The van der Waals surface area contributed by atoms with E-state index < -0.39 is 6.29 Å². The van der Waals surface area contributed by atoms with Crippen LogP contribution in [0, 0.1) is 0 Å². The van der Waals surface area contributed by atoms with Crippen molar-refractivity contribution in [1.82, 2.24) is 11.0 Å². The maximum absolute atomic E-state index is 9.60. The quantitative estimate of drug-likeness (QED) is 0.278. The first-order valence-corrected chi connectivity index (χ1v) is 2.51. The van der Waals surface area contributed by atoms with E-state index in [0.29, 0.717) is 12.8 Å². The molecule has 0 aliphatic rings. The SMILES string of the molecule is CC(ONC=O)ONC=O. The van der Waals surface area contributed by atoms with Gasteiger partial charge in [0, 0.05) is 0 Å². The van der Waals surface area contributed by atoms with Gasteiger partial charge in [-0.1, -0.05) is 0 Å². The first-order valence-electron chi connectivity index (χ1n) is 2.51. The summed E-state index contributed by atoms with van der Waals surface area (Å²) >= 11 is 0. The van der Waals surface area contributed by atoms with Crippen LogP contribution in [0.3, 0.4) is 0 Å². The fourth-order valence-corrected chi connectivity index (χ4v) is 0.271. The Bertz CT molecular complexity index is 95.4. The van der Waals surface area contributed by atoms with Crippen molar-refractivity contribution in [2.24, 2.45) is 0 Å². The van der Waals surface area contributed by atoms with Gasteiger partial charge in [-0.3, -0.25) is 9.59 Å². The van der Waals surface area contributed by atoms with Crippen molar-refractivity contribution in [3.05, 3.63) is 0 Å². The van der Waals surface area contributed by atoms with E-state index in [1.807, 2.05) is 11.0 Å². The van der Waals surface area contributed by atoms with Crippen LogP contribution in [0.2, 0.25) is 0 Å². The van der Waals surface area contributed by atoms with Crippen molar-refractivity contribution >= 4 is 12.8 Å². The molecular formula is C4H8N2O4. The van der Waals surface area contributed by atoms with E-state index in [2.05, 4.69) is 9.68 Å². The van der Waals surface area contributed by atoms with Crippen LogP contribution in [0.25, 0.3) is 0 Å². The Morgan fingerprint density at radius 2 is 1.60 bits per heavy atom. The fraction of sp³-hybridized carbons (Fsp3) is 0.500. The molecule has 0 saturated carbocycles. The number of amides is 2. The van der Waals surface area contributed by atoms with Crippen LogP contribution in [0.4, 0.5) is 0 Å². The monoisotopic (exact) mass is 148 g/mol. The molecule has 0 aromatic rings. The summed E-state index contributed by atoms with van der Waals surface area (Å²) in [5.74, 6) is 0. The molecule has 0 aromatic heterocycles. The average Bonchev–Trinajstić information content (AvgIpc) is 1.97. The van der Waals surface area contributed by atoms with Gasteiger partial charge in [-0.2, -0.15) is 0 Å². The number of hydroxylamine groups is 2. The highest BCUT2D eigenvalue weighted by Gasteiger charge is 1.98. The molecule has 0 unspecified atom stereocenters. The molecule has 0 aliphatic heterocycles. The van der Waals surface area contributed by atoms with E-state index in [1.165, 1.54) is 6.92 Å². The highest BCUT2D eigenvalue weighted by molar-refractivity contribution is 5.44. The van der Waals surface area contributed by atoms with Gasteiger partial charge in [-0.05, 0) is 6.92 Å². The van der Waals surface area contributed by atoms with Crippen molar-refractivity contribution in [2.45, 2.75) is 13.2 Å². The second-order valence-corrected chi connectivity index (χ2v) is 1.27. The lowest BCUT2D eigenvalue weighted by Gasteiger charge is -2.08. The zero-order valence-corrected chi connectivity index (χ0v) is 5.37. The maximum Gasteiger partial charge on any atom is 0.230 e. The molecule has 0 saturated heterocycles. The standard InChI is InChI=1S/C4H8N2O4/c1-4(9-5-2-7)10-6-3-8/h2-4H,1H3,(H,5,7)(H,6,8). The molecule has 2 N–H and O–H groups in total. The Labute approximate surface area is 57.4 Å². The predicted molar refractivity (Wildman–Crippen MR) is 30.0 cm³/mol. The molecule has 2 amide bonds. The lowest BCUT2D eigenvalue weighted by Crippen LogP contribution is -2.28. The highest BCUT2D eigenvalue weighted by Crippen LogP contribution is 1.83. The van der Waals surface area contributed by atoms with Gasteiger partial charge in [0.1, 0.15) is 0 Å². The zero-order valence-electron chi connectivity index (χ0n) is 5.37. The van der Waals surface area contributed by atoms with Crippen LogP contribution in [-0.2, 0) is 19.3 Å². The number of rotatable bonds is 6. The van der Waals surface area contributed by atoms with Crippen molar-refractivity contribution in [3.8, 4) is 0 Å². The predicted octanol–water partition coefficient (Wildman–Crippen LogP) is -1.31. The number of carbonyl (C=O) groups is 2. The van der Waals surface area contributed by atoms with Crippen LogP contribution in [0.15, 0.2) is 0 Å². The van der Waals surface area contributed by atoms with Crippen LogP contribution in [0.1, 0.15) is 6.92 Å². The Balaban J connectivity index is 3.15. The Hall–Kier alpha value is -1.14. The summed E-state index contributed by atoms with van der Waals surface area (Å²) in [5, 5.41) is 0. The summed E-state index contributed by atoms with van der Waals surface area (Å²) in [4.78, 5) is 28.1. The van der Waals surface area contributed by atoms with Crippen molar-refractivity contribution in [3.63, 3.8) is 0 Å². The maximum atomic E-state index is 9.60. The number of hydrogen-bond donors (Lipinski definition) is 2. The van der Waals surface area contributed by atoms with Gasteiger partial charge in [0.2, 0.25) is 19.1 Å². The summed E-state index contributed by atoms with van der Waals surface area (Å²) in [6.07, 6.45) is -0.0166. The Kier molecular flexibility index (Phi) is 5.30. The van der Waals surface area contributed by atoms with E-state index >= 15 is 0 Å². The lowest BCUT2D eigenvalue weighted by molar-refractivity contribution is -0.197. The number of nitrogens with one attached hydrogen (secondary N) is 2. The molecule has 0 fully saturated rings. The van der Waals surface area contributed by atoms with Gasteiger partial charge in [0.15, 0.2) is 0 Å². The van der Waals surface area contributed by atoms with E-state index in [4.69, 9.17) is 0 Å². The first kappa shape index (κ1) is 8.86. The van der Waals surface area contributed by atoms with Crippen LogP contribution in [0.5, 0.6) is 0 Å². The molecule has 0 bridgehead atoms. The Morgan fingerprint density at radius 3 is 1.90 bits per heavy atom. The van der Waals surface area contributed by atoms with E-state index in [-0.39, 0.29) is 0 Å². The molecule has 0 aromatic carbocycles. The van der Waals surface area contributed by atoms with Crippen LogP contribution >= 0.6 is 0 Å². The average molecular weight is 148 g/mol. The largest absolute Gasteiger partial charge is 0.277 e. The van der Waals surface area contributed by atoms with Crippen LogP contribution < -0.4 is 11.0 Å². The van der Waals surface area contributed by atoms with Gasteiger partial charge in [0.05, 0.1) is 0 Å². The van der Waals surface area contributed by atoms with E-state index in [9.17, 15) is 9.59 Å². The number of carbonyl (C=O) groups excluding carboxylic acids is 2. The molecule has 0 heterocycles. The van der Waals surface area contributed by atoms with Gasteiger partial charge >= 0.3 is 0 Å². The topological polar surface area (TPSA) is 76.7 Å². The molecule has 58 valence electrons. The van der Waals surface area contributed by atoms with Gasteiger partial charge in [-0.15, -0.1) is 0 Å². The molecule has 6 nitrogen and oxygen atoms in total.